The highest BCUT2D eigenvalue weighted by Crippen LogP contribution is 2.28. The molecule has 0 saturated carbocycles. The van der Waals surface area contributed by atoms with Crippen LogP contribution in [0.15, 0.2) is 0 Å². The average molecular weight is 254 g/mol. The van der Waals surface area contributed by atoms with Crippen molar-refractivity contribution < 1.29 is 14.7 Å². The van der Waals surface area contributed by atoms with Gasteiger partial charge in [0.05, 0.1) is 32.0 Å². The summed E-state index contributed by atoms with van der Waals surface area (Å²) in [6, 6.07) is 0. The second kappa shape index (κ2) is 4.18. The molecule has 0 aromatic heterocycles. The molecule has 7 nitrogen and oxygen atoms in total. The minimum Gasteiger partial charge on any atom is -0.481 e. The number of amides is 1. The van der Waals surface area contributed by atoms with E-state index in [1.807, 2.05) is 0 Å². The highest BCUT2D eigenvalue weighted by Gasteiger charge is 2.49. The number of rotatable bonds is 4. The van der Waals surface area contributed by atoms with Crippen LogP contribution in [-0.2, 0) is 9.59 Å². The summed E-state index contributed by atoms with van der Waals surface area (Å²) < 4.78 is 0. The van der Waals surface area contributed by atoms with Gasteiger partial charge in [0.25, 0.3) is 0 Å². The molecule has 4 rings (SSSR count). The van der Waals surface area contributed by atoms with E-state index in [0.29, 0.717) is 0 Å². The van der Waals surface area contributed by atoms with Crippen LogP contribution in [0.25, 0.3) is 0 Å². The molecule has 0 unspecified atom stereocenters. The van der Waals surface area contributed by atoms with Crippen molar-refractivity contribution in [1.29, 1.82) is 0 Å². The first-order valence-corrected chi connectivity index (χ1v) is 6.25. The molecule has 1 amide bonds. The minimum atomic E-state index is -0.924. The Morgan fingerprint density at radius 1 is 1.00 bits per heavy atom. The number of aliphatic carboxylic acids is 1. The van der Waals surface area contributed by atoms with Crippen LogP contribution in [0, 0.1) is 0 Å². The number of hydrogen-bond donors (Lipinski definition) is 2. The van der Waals surface area contributed by atoms with Gasteiger partial charge in [0.15, 0.2) is 0 Å². The molecule has 0 atom stereocenters. The van der Waals surface area contributed by atoms with Gasteiger partial charge in [-0.05, 0) is 0 Å². The van der Waals surface area contributed by atoms with Gasteiger partial charge in [-0.25, -0.2) is 0 Å². The Kier molecular flexibility index (Phi) is 2.76. The predicted octanol–water partition coefficient (Wildman–Crippen LogP) is -1.47. The molecule has 18 heavy (non-hydrogen) atoms. The van der Waals surface area contributed by atoms with Crippen molar-refractivity contribution in [3.63, 3.8) is 0 Å². The third-order valence-electron chi connectivity index (χ3n) is 3.75. The third-order valence-corrected chi connectivity index (χ3v) is 3.75. The van der Waals surface area contributed by atoms with Gasteiger partial charge < -0.3 is 10.4 Å². The fraction of sp³-hybridized carbons (Fsp3) is 0.818. The summed E-state index contributed by atoms with van der Waals surface area (Å²) in [4.78, 5) is 29.2. The highest BCUT2D eigenvalue weighted by molar-refractivity contribution is 5.81. The standard InChI is InChI=1S/C11H18N4O3/c16-9(1-2-10(17)18)12-11-3-13-6-14(4-11)8-15(5-11)7-13/h1-8H2,(H,12,16)(H,17,18). The lowest BCUT2D eigenvalue weighted by atomic mass is 9.90. The maximum absolute atomic E-state index is 11.8. The van der Waals surface area contributed by atoms with Crippen LogP contribution in [0.5, 0.6) is 0 Å². The van der Waals surface area contributed by atoms with E-state index in [-0.39, 0.29) is 24.3 Å². The van der Waals surface area contributed by atoms with Gasteiger partial charge in [0, 0.05) is 26.1 Å². The summed E-state index contributed by atoms with van der Waals surface area (Å²) in [6.45, 7) is 5.55. The van der Waals surface area contributed by atoms with Gasteiger partial charge in [-0.3, -0.25) is 24.3 Å². The van der Waals surface area contributed by atoms with Gasteiger partial charge in [0.2, 0.25) is 5.91 Å². The third kappa shape index (κ3) is 2.21. The second-order valence-electron chi connectivity index (χ2n) is 5.63. The van der Waals surface area contributed by atoms with Crippen LogP contribution in [0.3, 0.4) is 0 Å². The van der Waals surface area contributed by atoms with E-state index < -0.39 is 5.97 Å². The van der Waals surface area contributed by atoms with Gasteiger partial charge in [-0.1, -0.05) is 0 Å². The molecule has 0 aliphatic carbocycles. The molecule has 4 aliphatic heterocycles. The molecule has 4 bridgehead atoms. The quantitative estimate of drug-likeness (QED) is 0.637. The fourth-order valence-electron chi connectivity index (χ4n) is 3.41. The van der Waals surface area contributed by atoms with Crippen molar-refractivity contribution in [3.05, 3.63) is 0 Å². The fourth-order valence-corrected chi connectivity index (χ4v) is 3.41. The number of nitrogens with one attached hydrogen (secondary N) is 1. The zero-order valence-corrected chi connectivity index (χ0v) is 10.3. The smallest absolute Gasteiger partial charge is 0.303 e. The van der Waals surface area contributed by atoms with E-state index in [1.54, 1.807) is 0 Å². The lowest BCUT2D eigenvalue weighted by Crippen LogP contribution is -2.80. The number of nitrogens with zero attached hydrogens (tertiary/aromatic N) is 3. The van der Waals surface area contributed by atoms with Crippen molar-refractivity contribution in [2.24, 2.45) is 0 Å². The van der Waals surface area contributed by atoms with Crippen LogP contribution in [-0.4, -0.2) is 76.9 Å². The molecule has 0 aromatic carbocycles. The maximum atomic E-state index is 11.8. The number of carbonyl (C=O) groups is 2. The second-order valence-corrected chi connectivity index (χ2v) is 5.63. The molecule has 0 spiro atoms. The van der Waals surface area contributed by atoms with Gasteiger partial charge in [0.1, 0.15) is 0 Å². The number of carbonyl (C=O) groups excluding carboxylic acids is 1. The number of hydrogen-bond acceptors (Lipinski definition) is 5. The molecule has 0 aromatic rings. The minimum absolute atomic E-state index is 0.0666. The number of carboxylic acid groups (broad SMARTS) is 1. The first-order chi connectivity index (χ1) is 8.55. The van der Waals surface area contributed by atoms with Crippen molar-refractivity contribution in [2.45, 2.75) is 18.4 Å². The van der Waals surface area contributed by atoms with E-state index in [2.05, 4.69) is 20.0 Å². The Morgan fingerprint density at radius 3 is 1.94 bits per heavy atom. The zero-order valence-electron chi connectivity index (χ0n) is 10.3. The molecule has 0 radical (unpaired) electrons. The Hall–Kier alpha value is -1.18. The topological polar surface area (TPSA) is 76.1 Å². The molecule has 100 valence electrons. The Labute approximate surface area is 105 Å². The van der Waals surface area contributed by atoms with E-state index in [0.717, 1.165) is 39.6 Å². The normalized spacial score (nSPS) is 40.8. The van der Waals surface area contributed by atoms with Crippen molar-refractivity contribution in [1.82, 2.24) is 20.0 Å². The monoisotopic (exact) mass is 254 g/mol. The van der Waals surface area contributed by atoms with Crippen LogP contribution in [0.2, 0.25) is 0 Å². The summed E-state index contributed by atoms with van der Waals surface area (Å²) in [7, 11) is 0. The SMILES string of the molecule is O=C(O)CCC(=O)NC12CN3CN(CN(C3)C1)C2. The Bertz CT molecular complexity index is 349. The predicted molar refractivity (Wildman–Crippen MR) is 62.5 cm³/mol. The molecule has 4 aliphatic rings. The van der Waals surface area contributed by atoms with Crippen LogP contribution in [0.1, 0.15) is 12.8 Å². The zero-order chi connectivity index (χ0) is 12.8. The van der Waals surface area contributed by atoms with Gasteiger partial charge in [-0.15, -0.1) is 0 Å². The molecular weight excluding hydrogens is 236 g/mol. The molecule has 4 fully saturated rings. The lowest BCUT2D eigenvalue weighted by Gasteiger charge is -2.60. The number of carboxylic acids is 1. The van der Waals surface area contributed by atoms with Gasteiger partial charge >= 0.3 is 5.97 Å². The first-order valence-electron chi connectivity index (χ1n) is 6.25. The molecular formula is C11H18N4O3. The maximum Gasteiger partial charge on any atom is 0.303 e. The highest BCUT2D eigenvalue weighted by atomic mass is 16.4. The van der Waals surface area contributed by atoms with Crippen molar-refractivity contribution in [3.8, 4) is 0 Å². The Balaban J connectivity index is 1.61. The van der Waals surface area contributed by atoms with E-state index in [9.17, 15) is 9.59 Å². The molecule has 7 heteroatoms. The van der Waals surface area contributed by atoms with E-state index in [4.69, 9.17) is 5.11 Å². The molecule has 4 heterocycles. The Morgan fingerprint density at radius 2 is 1.50 bits per heavy atom. The van der Waals surface area contributed by atoms with Crippen molar-refractivity contribution >= 4 is 11.9 Å². The molecule has 2 N–H and O–H groups in total. The van der Waals surface area contributed by atoms with E-state index in [1.165, 1.54) is 0 Å². The van der Waals surface area contributed by atoms with Crippen LogP contribution >= 0.6 is 0 Å². The largest absolute Gasteiger partial charge is 0.481 e. The summed E-state index contributed by atoms with van der Waals surface area (Å²) in [6.07, 6.45) is -0.0316. The van der Waals surface area contributed by atoms with Gasteiger partial charge in [-0.2, -0.15) is 0 Å². The van der Waals surface area contributed by atoms with Crippen LogP contribution < -0.4 is 5.32 Å². The van der Waals surface area contributed by atoms with Crippen molar-refractivity contribution in [2.75, 3.05) is 39.6 Å². The van der Waals surface area contributed by atoms with E-state index >= 15 is 0 Å². The average Bonchev–Trinajstić information content (AvgIpc) is 2.23. The summed E-state index contributed by atoms with van der Waals surface area (Å²) in [5.41, 5.74) is -0.204. The van der Waals surface area contributed by atoms with Crippen LogP contribution in [0.4, 0.5) is 0 Å². The summed E-state index contributed by atoms with van der Waals surface area (Å²) in [5.74, 6) is -1.07. The summed E-state index contributed by atoms with van der Waals surface area (Å²) in [5, 5.41) is 11.6. The summed E-state index contributed by atoms with van der Waals surface area (Å²) >= 11 is 0. The molecule has 4 saturated heterocycles. The first kappa shape index (κ1) is 11.9. The lowest BCUT2D eigenvalue weighted by molar-refractivity contribution is -0.157.